The predicted molar refractivity (Wildman–Crippen MR) is 216 cm³/mol. The summed E-state index contributed by atoms with van der Waals surface area (Å²) in [6.45, 7) is 3.78. The second kappa shape index (κ2) is 16.4. The first kappa shape index (κ1) is 40.4. The smallest absolute Gasteiger partial charge is 0.408 e. The highest BCUT2D eigenvalue weighted by molar-refractivity contribution is 7.91. The summed E-state index contributed by atoms with van der Waals surface area (Å²) < 4.78 is 46.5. The van der Waals surface area contributed by atoms with Crippen LogP contribution in [0.25, 0.3) is 10.9 Å². The minimum Gasteiger partial charge on any atom is -0.496 e. The van der Waals surface area contributed by atoms with Crippen molar-refractivity contribution >= 4 is 56.3 Å². The number of carbonyl (C=O) groups is 4. The van der Waals surface area contributed by atoms with Crippen LogP contribution in [0.15, 0.2) is 43.0 Å². The Balaban J connectivity index is 1.16. The third-order valence-electron chi connectivity index (χ3n) is 13.0. The van der Waals surface area contributed by atoms with Gasteiger partial charge in [-0.2, -0.15) is 0 Å². The van der Waals surface area contributed by atoms with E-state index in [0.717, 1.165) is 50.3 Å². The summed E-state index contributed by atoms with van der Waals surface area (Å²) in [6.07, 6.45) is 12.9. The molecular weight excluding hydrogens is 786 g/mol. The third-order valence-corrected chi connectivity index (χ3v) is 15.0. The maximum atomic E-state index is 14.9. The summed E-state index contributed by atoms with van der Waals surface area (Å²) in [5.74, 6) is -1.62. The standard InChI is InChI=1S/C42H52ClN5O9S/c1-3-26-22-42(26,40(51)47-58(53,54)29-17-18-29)46-37(49)33-21-28-23-48(33)39(50)35(25-11-7-8-12-25)45-41(52)57-34-15-9-13-24(34)10-5-4-6-14-31-36(55-2)30-19-16-27(43)20-32(30)44-38(31)56-28/h3-4,6,16,19-20,24-26,28-29,33-35H,1,5,7-15,17-18,21-23H2,2H3,(H,45,52)(H,46,49)(H,47,51)/t24-,26-,28-,33+,34-,35+,42-/m1/s1. The van der Waals surface area contributed by atoms with Crippen molar-refractivity contribution < 1.29 is 41.8 Å². The zero-order valence-corrected chi connectivity index (χ0v) is 34.3. The molecule has 2 bridgehead atoms. The van der Waals surface area contributed by atoms with E-state index in [1.54, 1.807) is 19.2 Å². The lowest BCUT2D eigenvalue weighted by Gasteiger charge is -2.32. The van der Waals surface area contributed by atoms with Crippen LogP contribution in [-0.4, -0.2) is 90.9 Å². The molecule has 2 aromatic rings. The van der Waals surface area contributed by atoms with Crippen LogP contribution in [0.4, 0.5) is 4.79 Å². The van der Waals surface area contributed by atoms with Crippen LogP contribution >= 0.6 is 11.6 Å². The van der Waals surface area contributed by atoms with Gasteiger partial charge in [0.05, 0.1) is 30.0 Å². The highest BCUT2D eigenvalue weighted by Gasteiger charge is 2.62. The van der Waals surface area contributed by atoms with Gasteiger partial charge >= 0.3 is 6.09 Å². The number of carbonyl (C=O) groups excluding carboxylic acids is 4. The number of allylic oxidation sites excluding steroid dienone is 2. The van der Waals surface area contributed by atoms with E-state index < -0.39 is 68.7 Å². The number of nitrogens with one attached hydrogen (secondary N) is 3. The number of halogens is 1. The minimum absolute atomic E-state index is 0.0207. The molecule has 58 heavy (non-hydrogen) atoms. The number of hydrogen-bond donors (Lipinski definition) is 3. The van der Waals surface area contributed by atoms with E-state index in [1.165, 1.54) is 11.0 Å². The molecule has 3 heterocycles. The van der Waals surface area contributed by atoms with Gasteiger partial charge in [0.2, 0.25) is 27.7 Å². The predicted octanol–water partition coefficient (Wildman–Crippen LogP) is 5.26. The van der Waals surface area contributed by atoms with Gasteiger partial charge in [0.15, 0.2) is 0 Å². The number of amides is 4. The van der Waals surface area contributed by atoms with E-state index in [9.17, 15) is 27.6 Å². The molecule has 5 fully saturated rings. The van der Waals surface area contributed by atoms with Gasteiger partial charge in [-0.05, 0) is 101 Å². The normalized spacial score (nSPS) is 30.6. The zero-order chi connectivity index (χ0) is 40.8. The number of benzene rings is 1. The van der Waals surface area contributed by atoms with Crippen molar-refractivity contribution in [3.05, 3.63) is 53.6 Å². The maximum Gasteiger partial charge on any atom is 0.408 e. The Morgan fingerprint density at radius 1 is 1.05 bits per heavy atom. The molecule has 312 valence electrons. The summed E-state index contributed by atoms with van der Waals surface area (Å²) in [7, 11) is -2.32. The minimum atomic E-state index is -3.91. The third kappa shape index (κ3) is 8.12. The van der Waals surface area contributed by atoms with Crippen molar-refractivity contribution in [2.45, 2.75) is 125 Å². The number of pyridine rings is 1. The molecule has 16 heteroatoms. The Morgan fingerprint density at radius 2 is 1.83 bits per heavy atom. The van der Waals surface area contributed by atoms with Crippen LogP contribution in [0, 0.1) is 17.8 Å². The number of ether oxygens (including phenoxy) is 3. The fraction of sp³-hybridized carbons (Fsp3) is 0.595. The second-order valence-electron chi connectivity index (χ2n) is 16.8. The first-order chi connectivity index (χ1) is 27.9. The van der Waals surface area contributed by atoms with Crippen LogP contribution in [-0.2, 0) is 35.6 Å². The number of fused-ring (bicyclic) bond motifs is 5. The van der Waals surface area contributed by atoms with Gasteiger partial charge in [0, 0.05) is 22.7 Å². The monoisotopic (exact) mass is 837 g/mol. The summed E-state index contributed by atoms with van der Waals surface area (Å²) in [5, 5.41) is 6.37. The Kier molecular flexibility index (Phi) is 11.4. The van der Waals surface area contributed by atoms with Crippen molar-refractivity contribution in [1.29, 1.82) is 0 Å². The van der Waals surface area contributed by atoms with Crippen LogP contribution in [0.3, 0.4) is 0 Å². The molecule has 7 atom stereocenters. The van der Waals surface area contributed by atoms with Crippen LogP contribution < -0.4 is 24.8 Å². The highest BCUT2D eigenvalue weighted by atomic mass is 35.5. The average molecular weight is 838 g/mol. The molecule has 2 aliphatic heterocycles. The fourth-order valence-corrected chi connectivity index (χ4v) is 11.1. The number of rotatable bonds is 8. The van der Waals surface area contributed by atoms with Crippen LogP contribution in [0.5, 0.6) is 11.6 Å². The molecule has 8 rings (SSSR count). The summed E-state index contributed by atoms with van der Waals surface area (Å²) >= 11 is 6.41. The number of methoxy groups -OCH3 is 1. The van der Waals surface area contributed by atoms with Gasteiger partial charge in [0.1, 0.15) is 35.6 Å². The molecule has 3 N–H and O–H groups in total. The molecule has 0 unspecified atom stereocenters. The molecule has 1 saturated heterocycles. The van der Waals surface area contributed by atoms with E-state index in [1.807, 2.05) is 12.1 Å². The largest absolute Gasteiger partial charge is 0.496 e. The highest BCUT2D eigenvalue weighted by Crippen LogP contribution is 2.46. The number of sulfonamides is 1. The lowest BCUT2D eigenvalue weighted by atomic mass is 9.96. The van der Waals surface area contributed by atoms with E-state index in [2.05, 4.69) is 28.0 Å². The van der Waals surface area contributed by atoms with Gasteiger partial charge in [-0.25, -0.2) is 18.2 Å². The van der Waals surface area contributed by atoms with E-state index in [0.29, 0.717) is 54.0 Å². The van der Waals surface area contributed by atoms with Gasteiger partial charge in [-0.1, -0.05) is 42.7 Å². The Hall–Kier alpha value is -4.37. The van der Waals surface area contributed by atoms with Gasteiger partial charge in [0.25, 0.3) is 5.91 Å². The molecule has 4 amide bonds. The Bertz CT molecular complexity index is 2120. The lowest BCUT2D eigenvalue weighted by Crippen LogP contribution is -2.59. The number of nitrogens with zero attached hydrogens (tertiary/aromatic N) is 2. The average Bonchev–Trinajstić information content (AvgIpc) is 3.98. The van der Waals surface area contributed by atoms with Gasteiger partial charge in [-0.15, -0.1) is 6.58 Å². The number of aromatic nitrogens is 1. The fourth-order valence-electron chi connectivity index (χ4n) is 9.56. The van der Waals surface area contributed by atoms with Crippen molar-refractivity contribution in [2.75, 3.05) is 13.7 Å². The molecule has 4 saturated carbocycles. The summed E-state index contributed by atoms with van der Waals surface area (Å²) in [5.41, 5.74) is -0.320. The topological polar surface area (TPSA) is 182 Å². The summed E-state index contributed by atoms with van der Waals surface area (Å²) in [6, 6.07) is 3.23. The van der Waals surface area contributed by atoms with Gasteiger partial charge < -0.3 is 29.7 Å². The van der Waals surface area contributed by atoms with E-state index >= 15 is 0 Å². The maximum absolute atomic E-state index is 14.9. The molecule has 1 aromatic heterocycles. The van der Waals surface area contributed by atoms with Gasteiger partial charge in [-0.3, -0.25) is 19.1 Å². The number of alkyl carbamates (subject to hydrolysis) is 1. The van der Waals surface area contributed by atoms with Crippen molar-refractivity contribution in [1.82, 2.24) is 25.2 Å². The Labute approximate surface area is 343 Å². The zero-order valence-electron chi connectivity index (χ0n) is 32.8. The lowest BCUT2D eigenvalue weighted by molar-refractivity contribution is -0.142. The van der Waals surface area contributed by atoms with Crippen LogP contribution in [0.1, 0.15) is 89.0 Å². The molecule has 14 nitrogen and oxygen atoms in total. The molecule has 6 aliphatic rings. The molecular formula is C42H52ClN5O9S. The first-order valence-corrected chi connectivity index (χ1v) is 22.6. The SMILES string of the molecule is C=C[C@@H]1C[C@]1(NC(=O)[C@@H]1C[C@@H]2CN1C(=O)[C@H](C1CCCC1)NC(=O)O[C@@H]1CCC[C@H]1CCC=CCc1c(nc3cc(Cl)ccc3c1OC)O2)C(=O)NS(=O)(=O)C1CC1. The van der Waals surface area contributed by atoms with Crippen molar-refractivity contribution in [3.8, 4) is 11.6 Å². The van der Waals surface area contributed by atoms with Crippen molar-refractivity contribution in [2.24, 2.45) is 17.8 Å². The first-order valence-electron chi connectivity index (χ1n) is 20.7. The second-order valence-corrected chi connectivity index (χ2v) is 19.2. The quantitative estimate of drug-likeness (QED) is 0.297. The van der Waals surface area contributed by atoms with Crippen LogP contribution in [0.2, 0.25) is 5.02 Å². The van der Waals surface area contributed by atoms with E-state index in [4.69, 9.17) is 30.8 Å². The molecule has 4 aliphatic carbocycles. The van der Waals surface area contributed by atoms with E-state index in [-0.39, 0.29) is 43.2 Å². The molecule has 1 aromatic carbocycles. The number of hydrogen-bond acceptors (Lipinski definition) is 10. The molecule has 0 spiro atoms. The van der Waals surface area contributed by atoms with Crippen molar-refractivity contribution in [3.63, 3.8) is 0 Å². The molecule has 0 radical (unpaired) electrons. The Morgan fingerprint density at radius 3 is 2.55 bits per heavy atom. The summed E-state index contributed by atoms with van der Waals surface area (Å²) in [4.78, 5) is 63.1.